The van der Waals surface area contributed by atoms with Gasteiger partial charge in [0.2, 0.25) is 0 Å². The van der Waals surface area contributed by atoms with Gasteiger partial charge in [0.15, 0.2) is 5.96 Å². The van der Waals surface area contributed by atoms with E-state index in [0.29, 0.717) is 13.2 Å². The first-order valence-electron chi connectivity index (χ1n) is 10.1. The molecule has 1 aromatic rings. The van der Waals surface area contributed by atoms with Gasteiger partial charge in [-0.1, -0.05) is 31.2 Å². The Bertz CT molecular complexity index is 536. The monoisotopic (exact) mass is 489 g/mol. The van der Waals surface area contributed by atoms with Gasteiger partial charge >= 0.3 is 0 Å². The van der Waals surface area contributed by atoms with Gasteiger partial charge < -0.3 is 20.1 Å². The highest BCUT2D eigenvalue weighted by molar-refractivity contribution is 14.0. The molecule has 0 radical (unpaired) electrons. The lowest BCUT2D eigenvalue weighted by Crippen LogP contribution is -2.38. The Labute approximate surface area is 181 Å². The number of aliphatic imine (C=N–C) groups is 1. The minimum absolute atomic E-state index is 0. The van der Waals surface area contributed by atoms with E-state index in [1.54, 1.807) is 0 Å². The maximum atomic E-state index is 5.69. The summed E-state index contributed by atoms with van der Waals surface area (Å²) in [5, 5.41) is 6.70. The quantitative estimate of drug-likeness (QED) is 0.190. The molecule has 1 saturated carbocycles. The van der Waals surface area contributed by atoms with E-state index in [0.717, 1.165) is 57.6 Å². The van der Waals surface area contributed by atoms with Crippen LogP contribution < -0.4 is 10.6 Å². The lowest BCUT2D eigenvalue weighted by molar-refractivity contribution is 0.121. The van der Waals surface area contributed by atoms with Crippen LogP contribution in [-0.2, 0) is 22.6 Å². The second-order valence-electron chi connectivity index (χ2n) is 6.82. The summed E-state index contributed by atoms with van der Waals surface area (Å²) in [5.41, 5.74) is 2.43. The van der Waals surface area contributed by atoms with Crippen molar-refractivity contribution in [3.63, 3.8) is 0 Å². The van der Waals surface area contributed by atoms with Crippen molar-refractivity contribution < 1.29 is 9.47 Å². The number of guanidine groups is 1. The van der Waals surface area contributed by atoms with Crippen molar-refractivity contribution in [2.24, 2.45) is 10.9 Å². The molecular weight excluding hydrogens is 453 g/mol. The predicted molar refractivity (Wildman–Crippen MR) is 123 cm³/mol. The molecule has 6 heteroatoms. The van der Waals surface area contributed by atoms with Crippen LogP contribution in [0.3, 0.4) is 0 Å². The van der Waals surface area contributed by atoms with Gasteiger partial charge in [-0.05, 0) is 49.7 Å². The van der Waals surface area contributed by atoms with E-state index in [1.807, 2.05) is 0 Å². The van der Waals surface area contributed by atoms with Crippen molar-refractivity contribution in [3.8, 4) is 0 Å². The highest BCUT2D eigenvalue weighted by Crippen LogP contribution is 2.28. The number of hydrogen-bond donors (Lipinski definition) is 2. The van der Waals surface area contributed by atoms with Gasteiger partial charge in [-0.3, -0.25) is 0 Å². The molecule has 0 bridgehead atoms. The molecule has 1 aliphatic carbocycles. The first-order valence-corrected chi connectivity index (χ1v) is 10.1. The van der Waals surface area contributed by atoms with Gasteiger partial charge in [0, 0.05) is 32.9 Å². The SMILES string of the molecule is CCCOCc1ccccc1CN=C(NCC)NCCCOCC1CC1.I. The molecule has 1 aromatic carbocycles. The molecule has 0 amide bonds. The van der Waals surface area contributed by atoms with Crippen LogP contribution >= 0.6 is 24.0 Å². The van der Waals surface area contributed by atoms with E-state index < -0.39 is 0 Å². The molecule has 1 fully saturated rings. The lowest BCUT2D eigenvalue weighted by Gasteiger charge is -2.13. The van der Waals surface area contributed by atoms with E-state index in [1.165, 1.54) is 24.0 Å². The molecule has 5 nitrogen and oxygen atoms in total. The van der Waals surface area contributed by atoms with Crippen LogP contribution in [0.15, 0.2) is 29.3 Å². The number of benzene rings is 1. The number of rotatable bonds is 13. The zero-order valence-electron chi connectivity index (χ0n) is 16.8. The van der Waals surface area contributed by atoms with Gasteiger partial charge in [0.25, 0.3) is 0 Å². The van der Waals surface area contributed by atoms with Crippen molar-refractivity contribution in [1.29, 1.82) is 0 Å². The van der Waals surface area contributed by atoms with Crippen LogP contribution in [0.5, 0.6) is 0 Å². The van der Waals surface area contributed by atoms with Crippen LogP contribution in [0, 0.1) is 5.92 Å². The Morgan fingerprint density at radius 2 is 1.85 bits per heavy atom. The van der Waals surface area contributed by atoms with Crippen molar-refractivity contribution in [2.75, 3.05) is 32.9 Å². The first-order chi connectivity index (χ1) is 12.8. The highest BCUT2D eigenvalue weighted by atomic mass is 127. The fourth-order valence-electron chi connectivity index (χ4n) is 2.60. The highest BCUT2D eigenvalue weighted by Gasteiger charge is 2.20. The summed E-state index contributed by atoms with van der Waals surface area (Å²) in [5.74, 6) is 1.70. The second-order valence-corrected chi connectivity index (χ2v) is 6.82. The summed E-state index contributed by atoms with van der Waals surface area (Å²) >= 11 is 0. The molecular formula is C21H36IN3O2. The standard InChI is InChI=1S/C21H35N3O2.HI/c1-3-13-25-17-20-9-6-5-8-19(20)15-24-21(22-4-2)23-12-7-14-26-16-18-10-11-18;/h5-6,8-9,18H,3-4,7,10-17H2,1-2H3,(H2,22,23,24);1H. The lowest BCUT2D eigenvalue weighted by atomic mass is 10.1. The maximum Gasteiger partial charge on any atom is 0.191 e. The first kappa shape index (κ1) is 24.2. The fraction of sp³-hybridized carbons (Fsp3) is 0.667. The van der Waals surface area contributed by atoms with Crippen molar-refractivity contribution in [3.05, 3.63) is 35.4 Å². The average molecular weight is 489 g/mol. The van der Waals surface area contributed by atoms with Crippen LogP contribution in [0.2, 0.25) is 0 Å². The largest absolute Gasteiger partial charge is 0.381 e. The van der Waals surface area contributed by atoms with Gasteiger partial charge in [-0.2, -0.15) is 0 Å². The molecule has 2 rings (SSSR count). The Morgan fingerprint density at radius 1 is 1.07 bits per heavy atom. The molecule has 0 unspecified atom stereocenters. The average Bonchev–Trinajstić information content (AvgIpc) is 3.48. The topological polar surface area (TPSA) is 54.9 Å². The smallest absolute Gasteiger partial charge is 0.191 e. The second kappa shape index (κ2) is 15.1. The Hall–Kier alpha value is -0.860. The normalized spacial score (nSPS) is 13.9. The molecule has 0 aliphatic heterocycles. The van der Waals surface area contributed by atoms with E-state index in [9.17, 15) is 0 Å². The van der Waals surface area contributed by atoms with Gasteiger partial charge in [0.1, 0.15) is 0 Å². The summed E-state index contributed by atoms with van der Waals surface area (Å²) in [6, 6.07) is 8.37. The van der Waals surface area contributed by atoms with E-state index in [-0.39, 0.29) is 24.0 Å². The third-order valence-electron chi connectivity index (χ3n) is 4.28. The van der Waals surface area contributed by atoms with Crippen LogP contribution in [0.1, 0.15) is 50.7 Å². The molecule has 154 valence electrons. The number of hydrogen-bond acceptors (Lipinski definition) is 3. The molecule has 2 N–H and O–H groups in total. The Balaban J connectivity index is 0.00000364. The van der Waals surface area contributed by atoms with Gasteiger partial charge in [0.05, 0.1) is 13.2 Å². The van der Waals surface area contributed by atoms with Crippen LogP contribution in [-0.4, -0.2) is 38.9 Å². The summed E-state index contributed by atoms with van der Waals surface area (Å²) in [6.07, 6.45) is 4.73. The van der Waals surface area contributed by atoms with E-state index in [2.05, 4.69) is 48.7 Å². The van der Waals surface area contributed by atoms with Crippen LogP contribution in [0.4, 0.5) is 0 Å². The molecule has 0 atom stereocenters. The van der Waals surface area contributed by atoms with E-state index >= 15 is 0 Å². The summed E-state index contributed by atoms with van der Waals surface area (Å²) < 4.78 is 11.4. The van der Waals surface area contributed by atoms with Gasteiger partial charge in [-0.15, -0.1) is 24.0 Å². The molecule has 0 heterocycles. The third kappa shape index (κ3) is 10.9. The third-order valence-corrected chi connectivity index (χ3v) is 4.28. The zero-order valence-corrected chi connectivity index (χ0v) is 19.2. The zero-order chi connectivity index (χ0) is 18.5. The number of nitrogens with one attached hydrogen (secondary N) is 2. The predicted octanol–water partition coefficient (Wildman–Crippen LogP) is 4.10. The fourth-order valence-corrected chi connectivity index (χ4v) is 2.60. The Morgan fingerprint density at radius 3 is 2.56 bits per heavy atom. The molecule has 27 heavy (non-hydrogen) atoms. The minimum Gasteiger partial charge on any atom is -0.381 e. The maximum absolute atomic E-state index is 5.69. The van der Waals surface area contributed by atoms with Crippen molar-refractivity contribution in [1.82, 2.24) is 10.6 Å². The van der Waals surface area contributed by atoms with E-state index in [4.69, 9.17) is 14.5 Å². The summed E-state index contributed by atoms with van der Waals surface area (Å²) in [4.78, 5) is 4.73. The van der Waals surface area contributed by atoms with Crippen molar-refractivity contribution in [2.45, 2.75) is 52.7 Å². The van der Waals surface area contributed by atoms with Crippen LogP contribution in [0.25, 0.3) is 0 Å². The van der Waals surface area contributed by atoms with Gasteiger partial charge in [-0.25, -0.2) is 4.99 Å². The molecule has 0 aromatic heterocycles. The number of ether oxygens (including phenoxy) is 2. The Kier molecular flexibility index (Phi) is 13.5. The summed E-state index contributed by atoms with van der Waals surface area (Å²) in [6.45, 7) is 9.80. The number of halogens is 1. The molecule has 0 saturated heterocycles. The number of nitrogens with zero attached hydrogens (tertiary/aromatic N) is 1. The minimum atomic E-state index is 0. The summed E-state index contributed by atoms with van der Waals surface area (Å²) in [7, 11) is 0. The molecule has 1 aliphatic rings. The van der Waals surface area contributed by atoms with Crippen molar-refractivity contribution >= 4 is 29.9 Å². The molecule has 0 spiro atoms.